The van der Waals surface area contributed by atoms with E-state index in [1.54, 1.807) is 7.05 Å². The molecule has 1 atom stereocenters. The second kappa shape index (κ2) is 7.75. The average Bonchev–Trinajstić information content (AvgIpc) is 2.72. The molecule has 1 aromatic heterocycles. The molecule has 1 rings (SSSR count). The van der Waals surface area contributed by atoms with E-state index in [1.165, 1.54) is 4.80 Å². The Morgan fingerprint density at radius 2 is 2.22 bits per heavy atom. The molecule has 3 N–H and O–H groups in total. The van der Waals surface area contributed by atoms with Gasteiger partial charge in [0, 0.05) is 6.42 Å². The second-order valence-electron chi connectivity index (χ2n) is 4.42. The van der Waals surface area contributed by atoms with Crippen molar-refractivity contribution in [2.45, 2.75) is 39.0 Å². The van der Waals surface area contributed by atoms with Crippen LogP contribution in [0.15, 0.2) is 0 Å². The molecule has 0 fully saturated rings. The van der Waals surface area contributed by atoms with Crippen molar-refractivity contribution >= 4 is 11.9 Å². The number of nitrogens with two attached hydrogens (primary N) is 1. The van der Waals surface area contributed by atoms with Gasteiger partial charge in [-0.05, 0) is 30.5 Å². The summed E-state index contributed by atoms with van der Waals surface area (Å²) >= 11 is 0. The van der Waals surface area contributed by atoms with E-state index >= 15 is 0 Å². The van der Waals surface area contributed by atoms with Gasteiger partial charge in [-0.1, -0.05) is 24.9 Å². The second-order valence-corrected chi connectivity index (χ2v) is 4.42. The number of tetrazole rings is 1. The monoisotopic (exact) mass is 254 g/mol. The number of hydrogen-bond donors (Lipinski definition) is 2. The molecule has 0 saturated carbocycles. The minimum absolute atomic E-state index is 0.0684. The summed E-state index contributed by atoms with van der Waals surface area (Å²) in [4.78, 5) is 13.0. The first-order valence-corrected chi connectivity index (χ1v) is 6.39. The molecule has 0 bridgehead atoms. The van der Waals surface area contributed by atoms with Gasteiger partial charge in [0.2, 0.25) is 5.91 Å². The van der Waals surface area contributed by atoms with E-state index in [-0.39, 0.29) is 11.9 Å². The Hall–Kier alpha value is -1.50. The van der Waals surface area contributed by atoms with Gasteiger partial charge in [0.25, 0.3) is 5.95 Å². The topological polar surface area (TPSA) is 98.7 Å². The van der Waals surface area contributed by atoms with Crippen molar-refractivity contribution < 1.29 is 4.79 Å². The number of aromatic nitrogens is 4. The first kappa shape index (κ1) is 14.6. The van der Waals surface area contributed by atoms with Crippen LogP contribution in [0.3, 0.4) is 0 Å². The fraction of sp³-hybridized carbons (Fsp3) is 0.818. The molecule has 0 aliphatic rings. The number of hydrogen-bond acceptors (Lipinski definition) is 5. The van der Waals surface area contributed by atoms with Crippen LogP contribution in [0.1, 0.15) is 39.0 Å². The molecule has 0 aliphatic heterocycles. The summed E-state index contributed by atoms with van der Waals surface area (Å²) < 4.78 is 0. The number of nitrogens with one attached hydrogen (secondary N) is 1. The molecule has 0 aromatic carbocycles. The van der Waals surface area contributed by atoms with Crippen molar-refractivity contribution in [1.82, 2.24) is 20.2 Å². The Bertz CT molecular complexity index is 358. The Morgan fingerprint density at radius 3 is 2.78 bits per heavy atom. The third-order valence-electron chi connectivity index (χ3n) is 2.81. The lowest BCUT2D eigenvalue weighted by molar-refractivity contribution is -0.116. The fourth-order valence-electron chi connectivity index (χ4n) is 1.93. The van der Waals surface area contributed by atoms with Crippen molar-refractivity contribution in [2.24, 2.45) is 18.7 Å². The highest BCUT2D eigenvalue weighted by atomic mass is 16.1. The summed E-state index contributed by atoms with van der Waals surface area (Å²) in [7, 11) is 1.65. The van der Waals surface area contributed by atoms with Crippen molar-refractivity contribution in [2.75, 3.05) is 11.9 Å². The average molecular weight is 254 g/mol. The molecule has 18 heavy (non-hydrogen) atoms. The quantitative estimate of drug-likeness (QED) is 0.711. The molecule has 0 spiro atoms. The zero-order valence-corrected chi connectivity index (χ0v) is 11.1. The normalized spacial score (nSPS) is 12.4. The number of carbonyl (C=O) groups is 1. The van der Waals surface area contributed by atoms with Crippen LogP contribution < -0.4 is 11.1 Å². The lowest BCUT2D eigenvalue weighted by atomic mass is 9.94. The fourth-order valence-corrected chi connectivity index (χ4v) is 1.93. The predicted octanol–water partition coefficient (Wildman–Crippen LogP) is 0.694. The maximum absolute atomic E-state index is 11.7. The van der Waals surface area contributed by atoms with Gasteiger partial charge in [-0.2, -0.15) is 4.80 Å². The number of nitrogens with zero attached hydrogens (tertiary/aromatic N) is 4. The third kappa shape index (κ3) is 5.22. The van der Waals surface area contributed by atoms with Gasteiger partial charge in [-0.15, -0.1) is 5.10 Å². The Labute approximate surface area is 107 Å². The summed E-state index contributed by atoms with van der Waals surface area (Å²) in [6.45, 7) is 2.82. The molecule has 0 saturated heterocycles. The minimum Gasteiger partial charge on any atom is -0.330 e. The number of aryl methyl sites for hydroxylation is 1. The van der Waals surface area contributed by atoms with Gasteiger partial charge in [0.1, 0.15) is 0 Å². The Kier molecular flexibility index (Phi) is 6.27. The van der Waals surface area contributed by atoms with Crippen molar-refractivity contribution in [1.29, 1.82) is 0 Å². The predicted molar refractivity (Wildman–Crippen MR) is 68.7 cm³/mol. The molecule has 1 unspecified atom stereocenters. The summed E-state index contributed by atoms with van der Waals surface area (Å²) in [5.41, 5.74) is 5.56. The van der Waals surface area contributed by atoms with Gasteiger partial charge in [-0.25, -0.2) is 0 Å². The molecule has 0 aliphatic carbocycles. The standard InChI is InChI=1S/C11H22N6O/c1-3-4-9(7-8-12)5-6-10(18)13-11-14-16-17(2)15-11/h9H,3-8,12H2,1-2H3,(H,13,15,18). The Morgan fingerprint density at radius 1 is 1.44 bits per heavy atom. The van der Waals surface area contributed by atoms with Crippen LogP contribution in [0.5, 0.6) is 0 Å². The van der Waals surface area contributed by atoms with Crippen molar-refractivity contribution in [3.8, 4) is 0 Å². The summed E-state index contributed by atoms with van der Waals surface area (Å²) in [6, 6.07) is 0. The smallest absolute Gasteiger partial charge is 0.270 e. The van der Waals surface area contributed by atoms with Gasteiger partial charge >= 0.3 is 0 Å². The van der Waals surface area contributed by atoms with Crippen LogP contribution >= 0.6 is 0 Å². The van der Waals surface area contributed by atoms with Crippen LogP contribution in [0, 0.1) is 5.92 Å². The number of rotatable bonds is 8. The zero-order valence-electron chi connectivity index (χ0n) is 11.1. The molecule has 7 nitrogen and oxygen atoms in total. The van der Waals surface area contributed by atoms with Gasteiger partial charge in [-0.3, -0.25) is 10.1 Å². The maximum atomic E-state index is 11.7. The first-order valence-electron chi connectivity index (χ1n) is 6.39. The lowest BCUT2D eigenvalue weighted by Crippen LogP contribution is -2.16. The van der Waals surface area contributed by atoms with Gasteiger partial charge < -0.3 is 5.73 Å². The molecule has 1 amide bonds. The van der Waals surface area contributed by atoms with Gasteiger partial charge in [0.15, 0.2) is 0 Å². The van der Waals surface area contributed by atoms with Crippen LogP contribution in [0.25, 0.3) is 0 Å². The van der Waals surface area contributed by atoms with E-state index in [9.17, 15) is 4.79 Å². The van der Waals surface area contributed by atoms with E-state index in [1.807, 2.05) is 0 Å². The zero-order chi connectivity index (χ0) is 13.4. The van der Waals surface area contributed by atoms with Crippen LogP contribution in [-0.4, -0.2) is 32.7 Å². The highest BCUT2D eigenvalue weighted by molar-refractivity contribution is 5.88. The van der Waals surface area contributed by atoms with Crippen LogP contribution in [-0.2, 0) is 11.8 Å². The van der Waals surface area contributed by atoms with E-state index < -0.39 is 0 Å². The highest BCUT2D eigenvalue weighted by Crippen LogP contribution is 2.17. The molecular weight excluding hydrogens is 232 g/mol. The molecule has 102 valence electrons. The number of carbonyl (C=O) groups excluding carboxylic acids is 1. The van der Waals surface area contributed by atoms with Crippen LogP contribution in [0.4, 0.5) is 5.95 Å². The van der Waals surface area contributed by atoms with Crippen molar-refractivity contribution in [3.05, 3.63) is 0 Å². The number of anilines is 1. The molecule has 1 heterocycles. The summed E-state index contributed by atoms with van der Waals surface area (Å²) in [5, 5.41) is 13.9. The SMILES string of the molecule is CCCC(CCN)CCC(=O)Nc1nnn(C)n1. The van der Waals surface area contributed by atoms with Gasteiger partial charge in [0.05, 0.1) is 7.05 Å². The largest absolute Gasteiger partial charge is 0.330 e. The van der Waals surface area contributed by atoms with Crippen molar-refractivity contribution in [3.63, 3.8) is 0 Å². The maximum Gasteiger partial charge on any atom is 0.270 e. The van der Waals surface area contributed by atoms with E-state index in [4.69, 9.17) is 5.73 Å². The molecule has 0 radical (unpaired) electrons. The van der Waals surface area contributed by atoms with E-state index in [0.29, 0.717) is 18.9 Å². The third-order valence-corrected chi connectivity index (χ3v) is 2.81. The first-order chi connectivity index (χ1) is 8.65. The Balaban J connectivity index is 2.30. The van der Waals surface area contributed by atoms with Crippen LogP contribution in [0.2, 0.25) is 0 Å². The highest BCUT2D eigenvalue weighted by Gasteiger charge is 2.11. The minimum atomic E-state index is -0.0684. The lowest BCUT2D eigenvalue weighted by Gasteiger charge is -2.14. The van der Waals surface area contributed by atoms with E-state index in [0.717, 1.165) is 25.7 Å². The number of amides is 1. The summed E-state index contributed by atoms with van der Waals surface area (Å²) in [6.07, 6.45) is 4.55. The van der Waals surface area contributed by atoms with E-state index in [2.05, 4.69) is 27.7 Å². The molecular formula is C11H22N6O. The summed E-state index contributed by atoms with van der Waals surface area (Å²) in [5.74, 6) is 0.718. The molecule has 7 heteroatoms. The molecule has 1 aromatic rings.